The van der Waals surface area contributed by atoms with Crippen LogP contribution < -0.4 is 11.1 Å². The molecule has 1 amide bonds. The number of aromatic hydroxyl groups is 1. The highest BCUT2D eigenvalue weighted by molar-refractivity contribution is 5.96. The molecule has 114 valence electrons. The molecule has 0 bridgehead atoms. The van der Waals surface area contributed by atoms with Crippen LogP contribution in [-0.2, 0) is 4.79 Å². The number of carbonyl (C=O) groups is 1. The van der Waals surface area contributed by atoms with Crippen molar-refractivity contribution in [3.05, 3.63) is 28.3 Å². The Bertz CT molecular complexity index is 547. The van der Waals surface area contributed by atoms with E-state index in [1.54, 1.807) is 0 Å². The van der Waals surface area contributed by atoms with Gasteiger partial charge >= 0.3 is 0 Å². The van der Waals surface area contributed by atoms with E-state index in [9.17, 15) is 20.0 Å². The Morgan fingerprint density at radius 3 is 2.76 bits per heavy atom. The molecule has 0 aromatic heterocycles. The molecule has 0 spiro atoms. The van der Waals surface area contributed by atoms with Gasteiger partial charge in [0.15, 0.2) is 5.69 Å². The second-order valence-electron chi connectivity index (χ2n) is 5.33. The second-order valence-corrected chi connectivity index (χ2v) is 5.33. The van der Waals surface area contributed by atoms with Crippen LogP contribution in [0.4, 0.5) is 11.4 Å². The van der Waals surface area contributed by atoms with Gasteiger partial charge in [-0.3, -0.25) is 14.9 Å². The van der Waals surface area contributed by atoms with E-state index < -0.39 is 4.92 Å². The third-order valence-corrected chi connectivity index (χ3v) is 3.87. The zero-order valence-electron chi connectivity index (χ0n) is 11.6. The van der Waals surface area contributed by atoms with Gasteiger partial charge in [0.2, 0.25) is 5.91 Å². The Balaban J connectivity index is 2.21. The van der Waals surface area contributed by atoms with Crippen molar-refractivity contribution in [1.82, 2.24) is 0 Å². The van der Waals surface area contributed by atoms with Crippen molar-refractivity contribution < 1.29 is 14.8 Å². The number of anilines is 1. The van der Waals surface area contributed by atoms with Crippen LogP contribution in [0.25, 0.3) is 0 Å². The van der Waals surface area contributed by atoms with Gasteiger partial charge in [-0.1, -0.05) is 25.3 Å². The summed E-state index contributed by atoms with van der Waals surface area (Å²) in [6.07, 6.45) is 4.36. The normalized spacial score (nSPS) is 22.3. The molecule has 1 aromatic carbocycles. The van der Waals surface area contributed by atoms with Crippen LogP contribution >= 0.6 is 0 Å². The topological polar surface area (TPSA) is 118 Å². The SMILES string of the molecule is NC1CCCCCC1C(=O)Nc1c(O)cccc1[N+](=O)[O-]. The van der Waals surface area contributed by atoms with Crippen molar-refractivity contribution in [1.29, 1.82) is 0 Å². The predicted octanol–water partition coefficient (Wildman–Crippen LogP) is 2.15. The van der Waals surface area contributed by atoms with E-state index in [0.29, 0.717) is 6.42 Å². The van der Waals surface area contributed by atoms with Gasteiger partial charge in [-0.15, -0.1) is 0 Å². The molecule has 0 saturated heterocycles. The number of nitrogens with two attached hydrogens (primary N) is 1. The Morgan fingerprint density at radius 1 is 1.33 bits per heavy atom. The molecule has 2 unspecified atom stereocenters. The molecule has 1 aliphatic rings. The molecule has 4 N–H and O–H groups in total. The summed E-state index contributed by atoms with van der Waals surface area (Å²) in [5.74, 6) is -1.07. The number of carbonyl (C=O) groups excluding carboxylic acids is 1. The number of para-hydroxylation sites is 1. The molecule has 7 nitrogen and oxygen atoms in total. The van der Waals surface area contributed by atoms with Crippen LogP contribution in [0.1, 0.15) is 32.1 Å². The van der Waals surface area contributed by atoms with Crippen molar-refractivity contribution in [2.45, 2.75) is 38.1 Å². The third kappa shape index (κ3) is 3.49. The smallest absolute Gasteiger partial charge is 0.296 e. The highest BCUT2D eigenvalue weighted by Gasteiger charge is 2.29. The first kappa shape index (κ1) is 15.2. The average Bonchev–Trinajstić information content (AvgIpc) is 2.65. The maximum Gasteiger partial charge on any atom is 0.296 e. The number of nitro groups is 1. The molecule has 0 radical (unpaired) electrons. The van der Waals surface area contributed by atoms with Gasteiger partial charge in [0.1, 0.15) is 5.75 Å². The molecular formula is C14H19N3O4. The van der Waals surface area contributed by atoms with Gasteiger partial charge in [0, 0.05) is 12.1 Å². The maximum absolute atomic E-state index is 12.3. The molecule has 2 rings (SSSR count). The molecule has 1 saturated carbocycles. The molecule has 1 aromatic rings. The number of rotatable bonds is 3. The largest absolute Gasteiger partial charge is 0.505 e. The fourth-order valence-electron chi connectivity index (χ4n) is 2.69. The van der Waals surface area contributed by atoms with E-state index >= 15 is 0 Å². The van der Waals surface area contributed by atoms with E-state index in [0.717, 1.165) is 25.7 Å². The lowest BCUT2D eigenvalue weighted by Gasteiger charge is -2.20. The Kier molecular flexibility index (Phi) is 4.74. The van der Waals surface area contributed by atoms with Crippen LogP contribution in [0.2, 0.25) is 0 Å². The minimum absolute atomic E-state index is 0.163. The summed E-state index contributed by atoms with van der Waals surface area (Å²) in [6.45, 7) is 0. The number of hydrogen-bond acceptors (Lipinski definition) is 5. The molecule has 2 atom stereocenters. The maximum atomic E-state index is 12.3. The average molecular weight is 293 g/mol. The minimum Gasteiger partial charge on any atom is -0.505 e. The summed E-state index contributed by atoms with van der Waals surface area (Å²) in [5.41, 5.74) is 5.52. The van der Waals surface area contributed by atoms with Gasteiger partial charge in [-0.25, -0.2) is 0 Å². The summed E-state index contributed by atoms with van der Waals surface area (Å²) in [6, 6.07) is 3.65. The lowest BCUT2D eigenvalue weighted by Crippen LogP contribution is -2.37. The van der Waals surface area contributed by atoms with E-state index in [-0.39, 0.29) is 35.0 Å². The number of hydrogen-bond donors (Lipinski definition) is 3. The molecule has 1 aliphatic carbocycles. The third-order valence-electron chi connectivity index (χ3n) is 3.87. The van der Waals surface area contributed by atoms with E-state index in [2.05, 4.69) is 5.32 Å². The van der Waals surface area contributed by atoms with Crippen LogP contribution in [0.15, 0.2) is 18.2 Å². The van der Waals surface area contributed by atoms with E-state index in [1.807, 2.05) is 0 Å². The minimum atomic E-state index is -0.637. The summed E-state index contributed by atoms with van der Waals surface area (Å²) in [7, 11) is 0. The number of nitro benzene ring substituents is 1. The van der Waals surface area contributed by atoms with Crippen molar-refractivity contribution in [2.24, 2.45) is 11.7 Å². The number of nitrogens with one attached hydrogen (secondary N) is 1. The zero-order valence-corrected chi connectivity index (χ0v) is 11.6. The molecule has 7 heteroatoms. The zero-order chi connectivity index (χ0) is 15.4. The number of nitrogens with zero attached hydrogens (tertiary/aromatic N) is 1. The summed E-state index contributed by atoms with van der Waals surface area (Å²) >= 11 is 0. The quantitative estimate of drug-likeness (QED) is 0.341. The van der Waals surface area contributed by atoms with Crippen LogP contribution in [0, 0.1) is 16.0 Å². The Labute approximate surface area is 122 Å². The van der Waals surface area contributed by atoms with Gasteiger partial charge in [0.05, 0.1) is 10.8 Å². The predicted molar refractivity (Wildman–Crippen MR) is 77.9 cm³/mol. The fourth-order valence-corrected chi connectivity index (χ4v) is 2.69. The van der Waals surface area contributed by atoms with Gasteiger partial charge in [0.25, 0.3) is 5.69 Å². The summed E-state index contributed by atoms with van der Waals surface area (Å²) in [4.78, 5) is 22.7. The first-order valence-electron chi connectivity index (χ1n) is 7.03. The van der Waals surface area contributed by atoms with Gasteiger partial charge in [-0.2, -0.15) is 0 Å². The monoisotopic (exact) mass is 293 g/mol. The highest BCUT2D eigenvalue weighted by atomic mass is 16.6. The van der Waals surface area contributed by atoms with Crippen LogP contribution in [-0.4, -0.2) is 22.0 Å². The number of phenolic OH excluding ortho intramolecular Hbond substituents is 1. The fraction of sp³-hybridized carbons (Fsp3) is 0.500. The van der Waals surface area contributed by atoms with Crippen molar-refractivity contribution in [3.8, 4) is 5.75 Å². The number of benzene rings is 1. The van der Waals surface area contributed by atoms with E-state index in [1.165, 1.54) is 18.2 Å². The van der Waals surface area contributed by atoms with Crippen LogP contribution in [0.5, 0.6) is 5.75 Å². The van der Waals surface area contributed by atoms with Crippen molar-refractivity contribution in [2.75, 3.05) is 5.32 Å². The molecule has 0 aliphatic heterocycles. The van der Waals surface area contributed by atoms with Crippen LogP contribution in [0.3, 0.4) is 0 Å². The number of amides is 1. The van der Waals surface area contributed by atoms with E-state index in [4.69, 9.17) is 5.73 Å². The second kappa shape index (κ2) is 6.53. The first-order valence-corrected chi connectivity index (χ1v) is 7.03. The van der Waals surface area contributed by atoms with Gasteiger partial charge < -0.3 is 16.2 Å². The Hall–Kier alpha value is -2.15. The Morgan fingerprint density at radius 2 is 2.05 bits per heavy atom. The molecule has 1 fully saturated rings. The molecule has 21 heavy (non-hydrogen) atoms. The first-order chi connectivity index (χ1) is 10.0. The molecular weight excluding hydrogens is 274 g/mol. The summed E-state index contributed by atoms with van der Waals surface area (Å²) in [5, 5.41) is 23.2. The molecule has 0 heterocycles. The van der Waals surface area contributed by atoms with Gasteiger partial charge in [-0.05, 0) is 18.9 Å². The van der Waals surface area contributed by atoms with Crippen molar-refractivity contribution in [3.63, 3.8) is 0 Å². The lowest BCUT2D eigenvalue weighted by atomic mass is 9.94. The van der Waals surface area contributed by atoms with Crippen molar-refractivity contribution >= 4 is 17.3 Å². The standard InChI is InChI=1S/C14H19N3O4/c15-10-6-3-1-2-5-9(10)14(19)16-13-11(17(20)21)7-4-8-12(13)18/h4,7-10,18H,1-3,5-6,15H2,(H,16,19). The number of phenols is 1. The highest BCUT2D eigenvalue weighted by Crippen LogP contribution is 2.34. The summed E-state index contributed by atoms with van der Waals surface area (Å²) < 4.78 is 0. The lowest BCUT2D eigenvalue weighted by molar-refractivity contribution is -0.384.